The minimum absolute atomic E-state index is 0.0681. The van der Waals surface area contributed by atoms with Crippen molar-refractivity contribution < 1.29 is 4.79 Å². The molecule has 41 heavy (non-hydrogen) atoms. The topological polar surface area (TPSA) is 41.8 Å². The number of Topliss-reactive ketones (excluding diaryl/α,β-unsaturated/α-hetero) is 1. The fourth-order valence-corrected chi connectivity index (χ4v) is 5.44. The first kappa shape index (κ1) is 25.4. The zero-order valence-electron chi connectivity index (χ0n) is 22.5. The molecule has 6 rings (SSSR count). The minimum atomic E-state index is -1.04. The molecule has 2 aliphatic rings. The van der Waals surface area contributed by atoms with Gasteiger partial charge in [0.2, 0.25) is 0 Å². The smallest absolute Gasteiger partial charge is 0.163 e. The number of benzene rings is 4. The zero-order valence-corrected chi connectivity index (χ0v) is 22.5. The lowest BCUT2D eigenvalue weighted by Gasteiger charge is -2.25. The Morgan fingerprint density at radius 3 is 1.44 bits per heavy atom. The highest BCUT2D eigenvalue weighted by molar-refractivity contribution is 6.01. The predicted molar refractivity (Wildman–Crippen MR) is 162 cm³/mol. The van der Waals surface area contributed by atoms with Gasteiger partial charge in [-0.05, 0) is 109 Å². The van der Waals surface area contributed by atoms with E-state index in [4.69, 9.17) is 18.0 Å². The van der Waals surface area contributed by atoms with Gasteiger partial charge < -0.3 is 0 Å². The number of nitrogens with zero attached hydrogens (tertiary/aromatic N) is 2. The minimum Gasteiger partial charge on any atom is -0.295 e. The van der Waals surface area contributed by atoms with Gasteiger partial charge in [0, 0.05) is 33.4 Å². The maximum Gasteiger partial charge on any atom is 0.163 e. The Morgan fingerprint density at radius 1 is 0.634 bits per heavy atom. The van der Waals surface area contributed by atoms with Crippen LogP contribution in [0.5, 0.6) is 0 Å². The number of carbonyl (C=O) groups is 1. The van der Waals surface area contributed by atoms with E-state index in [-0.39, 0.29) is 5.78 Å². The summed E-state index contributed by atoms with van der Waals surface area (Å²) >= 11 is 0. The molecule has 1 heterocycles. The third-order valence-corrected chi connectivity index (χ3v) is 7.34. The number of hydrogen-bond donors (Lipinski definition) is 0. The van der Waals surface area contributed by atoms with Crippen molar-refractivity contribution in [3.05, 3.63) is 141 Å². The van der Waals surface area contributed by atoms with Gasteiger partial charge in [0.05, 0.1) is 11.3 Å². The Labute approximate surface area is 240 Å². The van der Waals surface area contributed by atoms with Crippen molar-refractivity contribution in [1.29, 1.82) is 0 Å². The maximum absolute atomic E-state index is 13.1. The van der Waals surface area contributed by atoms with Crippen molar-refractivity contribution in [2.24, 2.45) is 10.2 Å². The second-order valence-corrected chi connectivity index (χ2v) is 9.89. The summed E-state index contributed by atoms with van der Waals surface area (Å²) in [6, 6.07) is 27.3. The number of azo groups is 1. The van der Waals surface area contributed by atoms with E-state index in [1.165, 1.54) is 0 Å². The molecule has 3 nitrogen and oxygen atoms in total. The lowest BCUT2D eigenvalue weighted by molar-refractivity contribution is -0.114. The van der Waals surface area contributed by atoms with E-state index in [0.29, 0.717) is 11.3 Å². The van der Waals surface area contributed by atoms with E-state index in [1.807, 2.05) is 91.9 Å². The van der Waals surface area contributed by atoms with Crippen LogP contribution in [0.4, 0.5) is 0 Å². The highest BCUT2D eigenvalue weighted by Gasteiger charge is 2.51. The number of allylic oxidation sites excluding steroid dienone is 1. The van der Waals surface area contributed by atoms with E-state index in [1.54, 1.807) is 6.92 Å². The summed E-state index contributed by atoms with van der Waals surface area (Å²) in [5.41, 5.74) is 8.90. The molecular formula is C38H22N2O. The van der Waals surface area contributed by atoms with Crippen molar-refractivity contribution in [3.63, 3.8) is 0 Å². The van der Waals surface area contributed by atoms with Crippen LogP contribution in [0.2, 0.25) is 0 Å². The average molecular weight is 523 g/mol. The normalized spacial score (nSPS) is 13.3. The van der Waals surface area contributed by atoms with Gasteiger partial charge in [-0.1, -0.05) is 47.7 Å². The van der Waals surface area contributed by atoms with Crippen LogP contribution in [0.25, 0.3) is 11.1 Å². The van der Waals surface area contributed by atoms with Crippen LogP contribution in [0.1, 0.15) is 58.4 Å². The van der Waals surface area contributed by atoms with Crippen molar-refractivity contribution >= 4 is 5.78 Å². The molecule has 4 aromatic carbocycles. The van der Waals surface area contributed by atoms with Crippen molar-refractivity contribution in [2.75, 3.05) is 0 Å². The molecule has 1 spiro atoms. The predicted octanol–water partition coefficient (Wildman–Crippen LogP) is 7.00. The SMILES string of the molecule is C#Cc1ccc(C#Cc2ccc3c(c2)C2(N=NC(C)=C2C(C)=O)c2cc(C#Cc4ccc(C#C)cc4)ccc2-3)cc1. The van der Waals surface area contributed by atoms with Gasteiger partial charge >= 0.3 is 0 Å². The Kier molecular flexibility index (Phi) is 6.21. The first-order chi connectivity index (χ1) is 19.9. The molecule has 3 heteroatoms. The van der Waals surface area contributed by atoms with E-state index >= 15 is 0 Å². The van der Waals surface area contributed by atoms with Crippen LogP contribution in [0.3, 0.4) is 0 Å². The van der Waals surface area contributed by atoms with Crippen LogP contribution in [-0.4, -0.2) is 5.78 Å². The highest BCUT2D eigenvalue weighted by Crippen LogP contribution is 2.57. The first-order valence-electron chi connectivity index (χ1n) is 13.0. The summed E-state index contributed by atoms with van der Waals surface area (Å²) in [7, 11) is 0. The number of rotatable bonds is 1. The fraction of sp³-hybridized carbons (Fsp3) is 0.0789. The van der Waals surface area contributed by atoms with Crippen molar-refractivity contribution in [3.8, 4) is 59.5 Å². The molecular weight excluding hydrogens is 500 g/mol. The molecule has 0 unspecified atom stereocenters. The standard InChI is InChI=1S/C38H22N2O/c1-5-27-7-11-29(12-8-27)15-17-31-19-21-33-34-22-20-32(18-16-30-13-9-28(6-2)10-14-30)24-36(34)38(35(33)23-31)37(26(4)41)25(3)39-40-38/h1-2,7-14,19-24H,3-4H3. The Balaban J connectivity index is 1.46. The molecule has 0 radical (unpaired) electrons. The first-order valence-corrected chi connectivity index (χ1v) is 13.0. The molecule has 4 aromatic rings. The third kappa shape index (κ3) is 4.34. The molecule has 1 aliphatic heterocycles. The molecule has 0 atom stereocenters. The summed E-state index contributed by atoms with van der Waals surface area (Å²) in [6.07, 6.45) is 10.9. The Hall–Kier alpha value is -5.87. The van der Waals surface area contributed by atoms with Crippen LogP contribution in [0, 0.1) is 48.4 Å². The van der Waals surface area contributed by atoms with Gasteiger partial charge in [-0.15, -0.1) is 12.8 Å². The van der Waals surface area contributed by atoms with Crippen LogP contribution >= 0.6 is 0 Å². The van der Waals surface area contributed by atoms with Gasteiger partial charge in [0.15, 0.2) is 11.3 Å². The van der Waals surface area contributed by atoms with Crippen molar-refractivity contribution in [2.45, 2.75) is 19.4 Å². The second-order valence-electron chi connectivity index (χ2n) is 9.89. The van der Waals surface area contributed by atoms with Gasteiger partial charge in [0.25, 0.3) is 0 Å². The summed E-state index contributed by atoms with van der Waals surface area (Å²) in [5.74, 6) is 18.1. The molecule has 0 fully saturated rings. The summed E-state index contributed by atoms with van der Waals surface area (Å²) in [5, 5.41) is 9.22. The largest absolute Gasteiger partial charge is 0.295 e. The number of hydrogen-bond acceptors (Lipinski definition) is 3. The van der Waals surface area contributed by atoms with Gasteiger partial charge in [-0.25, -0.2) is 0 Å². The average Bonchev–Trinajstić information content (AvgIpc) is 3.49. The molecule has 0 bridgehead atoms. The van der Waals surface area contributed by atoms with Gasteiger partial charge in [-0.3, -0.25) is 4.79 Å². The van der Waals surface area contributed by atoms with Crippen LogP contribution < -0.4 is 0 Å². The molecule has 190 valence electrons. The highest BCUT2D eigenvalue weighted by atomic mass is 16.1. The second kappa shape index (κ2) is 10.0. The Morgan fingerprint density at radius 2 is 1.02 bits per heavy atom. The van der Waals surface area contributed by atoms with E-state index in [9.17, 15) is 4.79 Å². The molecule has 0 saturated carbocycles. The third-order valence-electron chi connectivity index (χ3n) is 7.34. The summed E-state index contributed by atoms with van der Waals surface area (Å²) in [6.45, 7) is 3.40. The van der Waals surface area contributed by atoms with E-state index < -0.39 is 5.54 Å². The maximum atomic E-state index is 13.1. The number of fused-ring (bicyclic) bond motifs is 5. The lowest BCUT2D eigenvalue weighted by atomic mass is 9.78. The summed E-state index contributed by atoms with van der Waals surface area (Å²) < 4.78 is 0. The number of carbonyl (C=O) groups excluding carboxylic acids is 1. The Bertz CT molecular complexity index is 1910. The van der Waals surface area contributed by atoms with Gasteiger partial charge in [0.1, 0.15) is 0 Å². The van der Waals surface area contributed by atoms with Crippen molar-refractivity contribution in [1.82, 2.24) is 0 Å². The van der Waals surface area contributed by atoms with E-state index in [2.05, 4.69) is 40.6 Å². The summed E-state index contributed by atoms with van der Waals surface area (Å²) in [4.78, 5) is 13.1. The number of ketones is 1. The van der Waals surface area contributed by atoms with Crippen LogP contribution in [0.15, 0.2) is 106 Å². The quantitative estimate of drug-likeness (QED) is 0.248. The molecule has 0 aromatic heterocycles. The number of terminal acetylenes is 2. The molecule has 0 saturated heterocycles. The van der Waals surface area contributed by atoms with Gasteiger partial charge in [-0.2, -0.15) is 10.2 Å². The zero-order chi connectivity index (χ0) is 28.6. The van der Waals surface area contributed by atoms with Crippen LogP contribution in [-0.2, 0) is 10.3 Å². The molecule has 0 amide bonds. The lowest BCUT2D eigenvalue weighted by Crippen LogP contribution is -2.27. The van der Waals surface area contributed by atoms with E-state index in [0.717, 1.165) is 55.6 Å². The fourth-order valence-electron chi connectivity index (χ4n) is 5.44. The molecule has 0 N–H and O–H groups in total. The molecule has 1 aliphatic carbocycles. The monoisotopic (exact) mass is 522 g/mol.